The van der Waals surface area contributed by atoms with E-state index in [1.165, 1.54) is 0 Å². The Morgan fingerprint density at radius 3 is 2.17 bits per heavy atom. The summed E-state index contributed by atoms with van der Waals surface area (Å²) in [6, 6.07) is 11.5. The molecule has 0 radical (unpaired) electrons. The van der Waals surface area contributed by atoms with Crippen molar-refractivity contribution in [2.24, 2.45) is 0 Å². The van der Waals surface area contributed by atoms with E-state index in [4.69, 9.17) is 20.8 Å². The van der Waals surface area contributed by atoms with Gasteiger partial charge in [0.15, 0.2) is 0 Å². The van der Waals surface area contributed by atoms with Crippen LogP contribution in [0.3, 0.4) is 0 Å². The lowest BCUT2D eigenvalue weighted by Gasteiger charge is -2.36. The maximum absolute atomic E-state index is 12.4. The van der Waals surface area contributed by atoms with Crippen LogP contribution in [0, 0.1) is 6.92 Å². The van der Waals surface area contributed by atoms with Gasteiger partial charge in [-0.3, -0.25) is 5.32 Å². The third kappa shape index (κ3) is 6.26. The minimum atomic E-state index is -2.00. The fourth-order valence-corrected chi connectivity index (χ4v) is 3.87. The van der Waals surface area contributed by atoms with Crippen LogP contribution >= 0.6 is 11.6 Å². The summed E-state index contributed by atoms with van der Waals surface area (Å²) in [7, 11) is -2.00. The Morgan fingerprint density at radius 1 is 0.967 bits per heavy atom. The molecule has 1 N–H and O–H groups in total. The first kappa shape index (κ1) is 24.3. The Labute approximate surface area is 187 Å². The van der Waals surface area contributed by atoms with E-state index in [2.05, 4.69) is 39.2 Å². The summed E-state index contributed by atoms with van der Waals surface area (Å²) >= 11 is 6.57. The van der Waals surface area contributed by atoms with E-state index >= 15 is 0 Å². The number of nitrogens with one attached hydrogen (secondary N) is 1. The van der Waals surface area contributed by atoms with Gasteiger partial charge in [-0.05, 0) is 76.2 Å². The van der Waals surface area contributed by atoms with E-state index in [0.29, 0.717) is 10.7 Å². The van der Waals surface area contributed by atoms with Crippen molar-refractivity contribution >= 4 is 31.7 Å². The van der Waals surface area contributed by atoms with Gasteiger partial charge in [0.2, 0.25) is 8.32 Å². The Kier molecular flexibility index (Phi) is 6.99. The van der Waals surface area contributed by atoms with Crippen molar-refractivity contribution in [1.82, 2.24) is 0 Å². The number of hydrogen-bond donors (Lipinski definition) is 1. The van der Waals surface area contributed by atoms with E-state index in [1.54, 1.807) is 0 Å². The average molecular weight is 448 g/mol. The molecule has 0 aliphatic carbocycles. The SMILES string of the molecule is Cc1ccc(NC(=O)OC(C)(C)C)c(-c2cc(O[Si](C)(C)C(C)(C)C)ccc2Cl)c1. The lowest BCUT2D eigenvalue weighted by molar-refractivity contribution is 0.0636. The number of anilines is 1. The molecule has 1 amide bonds. The predicted octanol–water partition coefficient (Wildman–Crippen LogP) is 8.05. The summed E-state index contributed by atoms with van der Waals surface area (Å²) in [4.78, 5) is 12.4. The normalized spacial score (nSPS) is 12.5. The van der Waals surface area contributed by atoms with Crippen molar-refractivity contribution in [2.45, 2.75) is 72.2 Å². The number of rotatable bonds is 4. The number of ether oxygens (including phenoxy) is 1. The van der Waals surface area contributed by atoms with Gasteiger partial charge in [0.05, 0.1) is 5.69 Å². The topological polar surface area (TPSA) is 47.6 Å². The van der Waals surface area contributed by atoms with Gasteiger partial charge in [-0.15, -0.1) is 0 Å². The number of halogens is 1. The number of hydrogen-bond acceptors (Lipinski definition) is 3. The monoisotopic (exact) mass is 447 g/mol. The van der Waals surface area contributed by atoms with E-state index in [-0.39, 0.29) is 5.04 Å². The Hall–Kier alpha value is -1.98. The highest BCUT2D eigenvalue weighted by Crippen LogP contribution is 2.41. The van der Waals surface area contributed by atoms with Gasteiger partial charge in [-0.25, -0.2) is 4.79 Å². The van der Waals surface area contributed by atoms with Crippen molar-refractivity contribution < 1.29 is 14.0 Å². The third-order valence-electron chi connectivity index (χ3n) is 5.22. The molecule has 0 atom stereocenters. The van der Waals surface area contributed by atoms with Gasteiger partial charge < -0.3 is 9.16 Å². The van der Waals surface area contributed by atoms with Crippen LogP contribution in [-0.4, -0.2) is 20.0 Å². The van der Waals surface area contributed by atoms with Crippen molar-refractivity contribution in [3.8, 4) is 16.9 Å². The van der Waals surface area contributed by atoms with Crippen molar-refractivity contribution in [2.75, 3.05) is 5.32 Å². The Bertz CT molecular complexity index is 927. The van der Waals surface area contributed by atoms with E-state index in [9.17, 15) is 4.79 Å². The molecule has 2 rings (SSSR count). The van der Waals surface area contributed by atoms with Crippen LogP contribution in [-0.2, 0) is 4.74 Å². The highest BCUT2D eigenvalue weighted by molar-refractivity contribution is 6.74. The fraction of sp³-hybridized carbons (Fsp3) is 0.458. The molecule has 0 saturated carbocycles. The van der Waals surface area contributed by atoms with Gasteiger partial charge in [0.25, 0.3) is 0 Å². The molecule has 30 heavy (non-hydrogen) atoms. The molecule has 2 aromatic carbocycles. The summed E-state index contributed by atoms with van der Waals surface area (Å²) in [5.74, 6) is 0.783. The van der Waals surface area contributed by atoms with Gasteiger partial charge in [0.1, 0.15) is 11.4 Å². The molecule has 0 unspecified atom stereocenters. The molecule has 0 fully saturated rings. The van der Waals surface area contributed by atoms with Crippen LogP contribution in [0.25, 0.3) is 11.1 Å². The standard InChI is InChI=1S/C24H34ClNO3Si/c1-16-10-13-21(26-22(27)28-23(2,3)4)19(14-16)18-15-17(11-12-20(18)25)29-30(8,9)24(5,6)7/h10-15H,1-9H3,(H,26,27). The first-order valence-corrected chi connectivity index (χ1v) is 13.5. The van der Waals surface area contributed by atoms with Crippen LogP contribution in [0.2, 0.25) is 23.2 Å². The first-order chi connectivity index (χ1) is 13.6. The number of carbonyl (C=O) groups is 1. The molecule has 0 saturated heterocycles. The zero-order chi connectivity index (χ0) is 22.9. The lowest BCUT2D eigenvalue weighted by Crippen LogP contribution is -2.43. The zero-order valence-corrected chi connectivity index (χ0v) is 21.3. The van der Waals surface area contributed by atoms with Crippen LogP contribution < -0.4 is 9.74 Å². The predicted molar refractivity (Wildman–Crippen MR) is 129 cm³/mol. The Morgan fingerprint density at radius 2 is 1.60 bits per heavy atom. The number of amides is 1. The molecular weight excluding hydrogens is 414 g/mol. The largest absolute Gasteiger partial charge is 0.543 e. The van der Waals surface area contributed by atoms with Crippen molar-refractivity contribution in [3.05, 3.63) is 47.0 Å². The second-order valence-electron chi connectivity index (χ2n) is 10.2. The summed E-state index contributed by atoms with van der Waals surface area (Å²) < 4.78 is 11.9. The van der Waals surface area contributed by atoms with E-state index in [0.717, 1.165) is 22.4 Å². The second-order valence-corrected chi connectivity index (χ2v) is 15.3. The van der Waals surface area contributed by atoms with E-state index in [1.807, 2.05) is 64.1 Å². The summed E-state index contributed by atoms with van der Waals surface area (Å²) in [5, 5.41) is 3.54. The molecular formula is C24H34ClNO3Si. The molecule has 0 spiro atoms. The quantitative estimate of drug-likeness (QED) is 0.482. The maximum Gasteiger partial charge on any atom is 0.412 e. The highest BCUT2D eigenvalue weighted by atomic mass is 35.5. The molecule has 0 aliphatic rings. The second kappa shape index (κ2) is 8.64. The molecule has 2 aromatic rings. The summed E-state index contributed by atoms with van der Waals surface area (Å²) in [5.41, 5.74) is 2.76. The smallest absolute Gasteiger partial charge is 0.412 e. The number of benzene rings is 2. The molecule has 0 aromatic heterocycles. The fourth-order valence-electron chi connectivity index (χ4n) is 2.63. The van der Waals surface area contributed by atoms with Gasteiger partial charge in [-0.2, -0.15) is 0 Å². The van der Waals surface area contributed by atoms with Gasteiger partial charge in [0, 0.05) is 16.1 Å². The van der Waals surface area contributed by atoms with Crippen LogP contribution in [0.1, 0.15) is 47.1 Å². The maximum atomic E-state index is 12.4. The average Bonchev–Trinajstić information content (AvgIpc) is 2.55. The molecule has 6 heteroatoms. The molecule has 0 bridgehead atoms. The van der Waals surface area contributed by atoms with Crippen molar-refractivity contribution in [3.63, 3.8) is 0 Å². The van der Waals surface area contributed by atoms with Crippen LogP contribution in [0.5, 0.6) is 5.75 Å². The van der Waals surface area contributed by atoms with Crippen LogP contribution in [0.15, 0.2) is 36.4 Å². The Balaban J connectivity index is 2.46. The minimum Gasteiger partial charge on any atom is -0.543 e. The number of aryl methyl sites for hydroxylation is 1. The first-order valence-electron chi connectivity index (χ1n) is 10.2. The summed E-state index contributed by atoms with van der Waals surface area (Å²) in [6.45, 7) is 18.6. The lowest BCUT2D eigenvalue weighted by atomic mass is 10.0. The molecule has 0 heterocycles. The third-order valence-corrected chi connectivity index (χ3v) is 9.91. The van der Waals surface area contributed by atoms with Crippen LogP contribution in [0.4, 0.5) is 10.5 Å². The summed E-state index contributed by atoms with van der Waals surface area (Å²) in [6.07, 6.45) is -0.502. The highest BCUT2D eigenvalue weighted by Gasteiger charge is 2.39. The van der Waals surface area contributed by atoms with Crippen molar-refractivity contribution in [1.29, 1.82) is 0 Å². The molecule has 164 valence electrons. The molecule has 4 nitrogen and oxygen atoms in total. The van der Waals surface area contributed by atoms with Gasteiger partial charge >= 0.3 is 6.09 Å². The molecule has 0 aliphatic heterocycles. The zero-order valence-electron chi connectivity index (χ0n) is 19.6. The number of carbonyl (C=O) groups excluding carboxylic acids is 1. The van der Waals surface area contributed by atoms with Gasteiger partial charge in [-0.1, -0.05) is 44.0 Å². The minimum absolute atomic E-state index is 0.0829. The van der Waals surface area contributed by atoms with E-state index < -0.39 is 20.0 Å².